The van der Waals surface area contributed by atoms with Crippen LogP contribution in [0.1, 0.15) is 40.7 Å². The molecular weight excluding hydrogens is 348 g/mol. The van der Waals surface area contributed by atoms with Crippen molar-refractivity contribution in [3.63, 3.8) is 0 Å². The fourth-order valence-corrected chi connectivity index (χ4v) is 3.32. The second-order valence-corrected chi connectivity index (χ2v) is 6.76. The number of aromatic nitrogens is 2. The van der Waals surface area contributed by atoms with Gasteiger partial charge in [0.15, 0.2) is 0 Å². The van der Waals surface area contributed by atoms with E-state index in [4.69, 9.17) is 9.26 Å². The lowest BCUT2D eigenvalue weighted by atomic mass is 10.0. The van der Waals surface area contributed by atoms with Gasteiger partial charge in [-0.1, -0.05) is 5.16 Å². The van der Waals surface area contributed by atoms with E-state index in [1.165, 1.54) is 0 Å². The number of amides is 1. The fourth-order valence-electron chi connectivity index (χ4n) is 3.32. The maximum atomic E-state index is 12.6. The molecule has 146 valence electrons. The number of aliphatic hydroxyl groups excluding tert-OH is 1. The molecule has 1 amide bonds. The van der Waals surface area contributed by atoms with Crippen LogP contribution in [0.2, 0.25) is 0 Å². The lowest BCUT2D eigenvalue weighted by Crippen LogP contribution is -2.53. The summed E-state index contributed by atoms with van der Waals surface area (Å²) in [7, 11) is 0. The highest BCUT2D eigenvalue weighted by Gasteiger charge is 2.30. The van der Waals surface area contributed by atoms with Gasteiger partial charge in [-0.3, -0.25) is 9.69 Å². The molecular formula is C19H26N4O4. The van der Waals surface area contributed by atoms with Crippen molar-refractivity contribution in [3.05, 3.63) is 40.9 Å². The highest BCUT2D eigenvalue weighted by Crippen LogP contribution is 2.20. The van der Waals surface area contributed by atoms with E-state index in [2.05, 4.69) is 20.4 Å². The molecule has 2 aromatic rings. The van der Waals surface area contributed by atoms with E-state index in [9.17, 15) is 9.90 Å². The third-order valence-corrected chi connectivity index (χ3v) is 4.84. The van der Waals surface area contributed by atoms with Crippen molar-refractivity contribution in [3.8, 4) is 5.88 Å². The van der Waals surface area contributed by atoms with Gasteiger partial charge in [0, 0.05) is 31.4 Å². The molecule has 0 bridgehead atoms. The van der Waals surface area contributed by atoms with E-state index >= 15 is 0 Å². The van der Waals surface area contributed by atoms with E-state index < -0.39 is 6.10 Å². The van der Waals surface area contributed by atoms with Crippen molar-refractivity contribution in [2.75, 3.05) is 19.7 Å². The molecule has 3 rings (SSSR count). The Kier molecular flexibility index (Phi) is 6.08. The Hall–Kier alpha value is -2.45. The number of pyridine rings is 1. The van der Waals surface area contributed by atoms with Crippen molar-refractivity contribution < 1.29 is 19.2 Å². The zero-order chi connectivity index (χ0) is 19.4. The summed E-state index contributed by atoms with van der Waals surface area (Å²) >= 11 is 0. The van der Waals surface area contributed by atoms with Gasteiger partial charge in [-0.15, -0.1) is 0 Å². The number of likely N-dealkylation sites (tertiary alicyclic amines) is 1. The molecule has 0 radical (unpaired) electrons. The largest absolute Gasteiger partial charge is 0.477 e. The predicted octanol–water partition coefficient (Wildman–Crippen LogP) is 1.45. The van der Waals surface area contributed by atoms with Crippen molar-refractivity contribution in [2.45, 2.75) is 45.9 Å². The number of β-amino-alcohol motifs (C(OH)–C–C–N with tert-alkyl or cyclic N) is 1. The summed E-state index contributed by atoms with van der Waals surface area (Å²) in [5, 5.41) is 17.4. The first-order chi connectivity index (χ1) is 13.0. The number of carbonyl (C=O) groups is 1. The number of aryl methyl sites for hydroxylation is 2. The van der Waals surface area contributed by atoms with Crippen LogP contribution < -0.4 is 10.1 Å². The maximum absolute atomic E-state index is 12.6. The molecule has 1 aliphatic heterocycles. The topological polar surface area (TPSA) is 101 Å². The van der Waals surface area contributed by atoms with Crippen LogP contribution in [0.25, 0.3) is 0 Å². The average Bonchev–Trinajstić information content (AvgIpc) is 2.96. The molecule has 27 heavy (non-hydrogen) atoms. The molecule has 0 aliphatic carbocycles. The molecule has 0 spiro atoms. The quantitative estimate of drug-likeness (QED) is 0.789. The number of ether oxygens (including phenoxy) is 1. The third kappa shape index (κ3) is 4.45. The number of aliphatic hydroxyl groups is 1. The monoisotopic (exact) mass is 374 g/mol. The second-order valence-electron chi connectivity index (χ2n) is 6.76. The Balaban J connectivity index is 1.60. The van der Waals surface area contributed by atoms with Gasteiger partial charge >= 0.3 is 0 Å². The van der Waals surface area contributed by atoms with Crippen LogP contribution in [0, 0.1) is 13.8 Å². The molecule has 8 nitrogen and oxygen atoms in total. The molecule has 0 unspecified atom stereocenters. The summed E-state index contributed by atoms with van der Waals surface area (Å²) in [4.78, 5) is 18.9. The van der Waals surface area contributed by atoms with Gasteiger partial charge in [0.1, 0.15) is 11.3 Å². The van der Waals surface area contributed by atoms with Crippen molar-refractivity contribution in [1.82, 2.24) is 20.4 Å². The summed E-state index contributed by atoms with van der Waals surface area (Å²) in [6, 6.07) is 3.06. The number of nitrogens with one attached hydrogen (secondary N) is 1. The van der Waals surface area contributed by atoms with Crippen LogP contribution in [0.4, 0.5) is 0 Å². The summed E-state index contributed by atoms with van der Waals surface area (Å²) in [6.45, 7) is 7.99. The van der Waals surface area contributed by atoms with Crippen molar-refractivity contribution >= 4 is 5.91 Å². The standard InChI is InChI=1S/C19H26N4O4/c1-4-26-19-14(6-5-8-20-19)18(25)21-16-7-9-23(11-17(16)24)10-15-12(2)22-27-13(15)3/h5-6,8,16-17,24H,4,7,9-11H2,1-3H3,(H,21,25)/t16-,17-/m1/s1. The summed E-state index contributed by atoms with van der Waals surface area (Å²) in [5.41, 5.74) is 2.31. The average molecular weight is 374 g/mol. The molecule has 2 aromatic heterocycles. The lowest BCUT2D eigenvalue weighted by Gasteiger charge is -2.36. The normalized spacial score (nSPS) is 20.4. The number of piperidine rings is 1. The van der Waals surface area contributed by atoms with Crippen LogP contribution in [0.5, 0.6) is 5.88 Å². The lowest BCUT2D eigenvalue weighted by molar-refractivity contribution is 0.0346. The first-order valence-corrected chi connectivity index (χ1v) is 9.20. The Morgan fingerprint density at radius 2 is 2.30 bits per heavy atom. The van der Waals surface area contributed by atoms with Crippen LogP contribution in [0.3, 0.4) is 0 Å². The Labute approximate surface area is 158 Å². The molecule has 8 heteroatoms. The van der Waals surface area contributed by atoms with Gasteiger partial charge in [0.05, 0.1) is 24.4 Å². The van der Waals surface area contributed by atoms with E-state index in [0.717, 1.165) is 23.6 Å². The van der Waals surface area contributed by atoms with Gasteiger partial charge in [0.2, 0.25) is 5.88 Å². The Morgan fingerprint density at radius 1 is 1.48 bits per heavy atom. The smallest absolute Gasteiger partial charge is 0.257 e. The van der Waals surface area contributed by atoms with Gasteiger partial charge < -0.3 is 19.7 Å². The van der Waals surface area contributed by atoms with Crippen LogP contribution >= 0.6 is 0 Å². The molecule has 0 aromatic carbocycles. The maximum Gasteiger partial charge on any atom is 0.257 e. The second kappa shape index (κ2) is 8.49. The minimum Gasteiger partial charge on any atom is -0.477 e. The van der Waals surface area contributed by atoms with E-state index in [1.54, 1.807) is 18.3 Å². The fraction of sp³-hybridized carbons (Fsp3) is 0.526. The first-order valence-electron chi connectivity index (χ1n) is 9.20. The van der Waals surface area contributed by atoms with Crippen LogP contribution in [-0.4, -0.2) is 57.9 Å². The predicted molar refractivity (Wildman–Crippen MR) is 98.5 cm³/mol. The number of hydrogen-bond donors (Lipinski definition) is 2. The number of hydrogen-bond acceptors (Lipinski definition) is 7. The Morgan fingerprint density at radius 3 is 2.96 bits per heavy atom. The number of nitrogens with zero attached hydrogens (tertiary/aromatic N) is 3. The highest BCUT2D eigenvalue weighted by molar-refractivity contribution is 5.96. The minimum absolute atomic E-state index is 0.283. The van der Waals surface area contributed by atoms with Crippen molar-refractivity contribution in [1.29, 1.82) is 0 Å². The SMILES string of the molecule is CCOc1ncccc1C(=O)N[C@@H]1CCN(Cc2c(C)noc2C)C[C@H]1O. The summed E-state index contributed by atoms with van der Waals surface area (Å²) < 4.78 is 10.6. The first kappa shape index (κ1) is 19.3. The molecule has 1 saturated heterocycles. The molecule has 2 N–H and O–H groups in total. The van der Waals surface area contributed by atoms with E-state index in [-0.39, 0.29) is 11.9 Å². The number of rotatable bonds is 6. The summed E-state index contributed by atoms with van der Waals surface area (Å²) in [5.74, 6) is 0.829. The molecule has 2 atom stereocenters. The third-order valence-electron chi connectivity index (χ3n) is 4.84. The molecule has 3 heterocycles. The van der Waals surface area contributed by atoms with Crippen molar-refractivity contribution in [2.24, 2.45) is 0 Å². The van der Waals surface area contributed by atoms with Crippen LogP contribution in [-0.2, 0) is 6.54 Å². The van der Waals surface area contributed by atoms with E-state index in [0.29, 0.717) is 37.6 Å². The highest BCUT2D eigenvalue weighted by atomic mass is 16.5. The zero-order valence-corrected chi connectivity index (χ0v) is 15.9. The van der Waals surface area contributed by atoms with E-state index in [1.807, 2.05) is 20.8 Å². The zero-order valence-electron chi connectivity index (χ0n) is 15.9. The molecule has 0 saturated carbocycles. The molecule has 1 aliphatic rings. The van der Waals surface area contributed by atoms with Gasteiger partial charge in [-0.05, 0) is 39.3 Å². The van der Waals surface area contributed by atoms with Gasteiger partial charge in [0.25, 0.3) is 5.91 Å². The number of carbonyl (C=O) groups excluding carboxylic acids is 1. The molecule has 1 fully saturated rings. The minimum atomic E-state index is -0.657. The summed E-state index contributed by atoms with van der Waals surface area (Å²) in [6.07, 6.45) is 1.58. The Bertz CT molecular complexity index is 772. The van der Waals surface area contributed by atoms with Crippen LogP contribution in [0.15, 0.2) is 22.9 Å². The van der Waals surface area contributed by atoms with Gasteiger partial charge in [-0.2, -0.15) is 0 Å². The van der Waals surface area contributed by atoms with Gasteiger partial charge in [-0.25, -0.2) is 4.98 Å².